The fourth-order valence-electron chi connectivity index (χ4n) is 6.04. The largest absolute Gasteiger partial charge is 0.392 e. The summed E-state index contributed by atoms with van der Waals surface area (Å²) in [7, 11) is 0. The predicted octanol–water partition coefficient (Wildman–Crippen LogP) is 3.66. The molecular formula is C19H26O2. The Labute approximate surface area is 127 Å². The number of carbonyl (C=O) groups is 1. The lowest BCUT2D eigenvalue weighted by Crippen LogP contribution is -2.53. The topological polar surface area (TPSA) is 37.3 Å². The number of aliphatic hydroxyl groups is 1. The van der Waals surface area contributed by atoms with Gasteiger partial charge >= 0.3 is 0 Å². The molecule has 0 spiro atoms. The second kappa shape index (κ2) is 4.32. The second-order valence-electron chi connectivity index (χ2n) is 8.30. The maximum Gasteiger partial charge on any atom is 0.158 e. The van der Waals surface area contributed by atoms with Gasteiger partial charge in [-0.15, -0.1) is 0 Å². The van der Waals surface area contributed by atoms with Gasteiger partial charge in [-0.05, 0) is 60.5 Å². The fourth-order valence-corrected chi connectivity index (χ4v) is 6.04. The number of allylic oxidation sites excluding steroid dienone is 3. The predicted molar refractivity (Wildman–Crippen MR) is 82.6 cm³/mol. The number of rotatable bonds is 0. The van der Waals surface area contributed by atoms with E-state index in [4.69, 9.17) is 0 Å². The lowest BCUT2D eigenvalue weighted by Gasteiger charge is -2.56. The molecule has 0 aliphatic heterocycles. The molecule has 4 rings (SSSR count). The van der Waals surface area contributed by atoms with Crippen LogP contribution in [0.3, 0.4) is 0 Å². The molecule has 4 aliphatic rings. The van der Waals surface area contributed by atoms with E-state index in [2.05, 4.69) is 26.0 Å². The summed E-state index contributed by atoms with van der Waals surface area (Å²) in [5.74, 6) is 1.96. The van der Waals surface area contributed by atoms with Gasteiger partial charge in [0.1, 0.15) is 0 Å². The normalized spacial score (nSPS) is 52.0. The summed E-state index contributed by atoms with van der Waals surface area (Å²) in [6.07, 6.45) is 12.7. The molecule has 0 aromatic carbocycles. The molecule has 2 saturated carbocycles. The van der Waals surface area contributed by atoms with Crippen molar-refractivity contribution in [2.75, 3.05) is 0 Å². The first kappa shape index (κ1) is 13.8. The molecule has 1 unspecified atom stereocenters. The van der Waals surface area contributed by atoms with E-state index in [1.54, 1.807) is 6.08 Å². The van der Waals surface area contributed by atoms with Crippen LogP contribution in [0, 0.1) is 28.6 Å². The quantitative estimate of drug-likeness (QED) is 0.738. The molecule has 4 aliphatic carbocycles. The average Bonchev–Trinajstić information content (AvgIpc) is 2.82. The van der Waals surface area contributed by atoms with Crippen LogP contribution >= 0.6 is 0 Å². The van der Waals surface area contributed by atoms with Crippen molar-refractivity contribution in [2.24, 2.45) is 28.6 Å². The molecule has 0 saturated heterocycles. The Balaban J connectivity index is 1.79. The summed E-state index contributed by atoms with van der Waals surface area (Å²) < 4.78 is 0. The third-order valence-corrected chi connectivity index (χ3v) is 7.41. The highest BCUT2D eigenvalue weighted by atomic mass is 16.3. The van der Waals surface area contributed by atoms with E-state index in [-0.39, 0.29) is 11.2 Å². The molecule has 0 bridgehead atoms. The van der Waals surface area contributed by atoms with Crippen LogP contribution in [0.1, 0.15) is 52.4 Å². The van der Waals surface area contributed by atoms with Gasteiger partial charge in [0.25, 0.3) is 0 Å². The third kappa shape index (κ3) is 1.72. The molecule has 0 amide bonds. The van der Waals surface area contributed by atoms with Crippen molar-refractivity contribution in [1.82, 2.24) is 0 Å². The Morgan fingerprint density at radius 3 is 2.81 bits per heavy atom. The first-order valence-corrected chi connectivity index (χ1v) is 8.56. The summed E-state index contributed by atoms with van der Waals surface area (Å²) in [6.45, 7) is 4.68. The van der Waals surface area contributed by atoms with Gasteiger partial charge in [0.2, 0.25) is 0 Å². The van der Waals surface area contributed by atoms with Crippen molar-refractivity contribution in [2.45, 2.75) is 58.5 Å². The first-order valence-electron chi connectivity index (χ1n) is 8.56. The summed E-state index contributed by atoms with van der Waals surface area (Å²) in [5.41, 5.74) is 1.38. The summed E-state index contributed by atoms with van der Waals surface area (Å²) in [6, 6.07) is 0. The highest BCUT2D eigenvalue weighted by Crippen LogP contribution is 2.63. The van der Waals surface area contributed by atoms with Crippen LogP contribution in [-0.2, 0) is 4.79 Å². The standard InChI is InChI=1S/C19H26O2/c1-18-8-3-4-15(18)14-6-5-12-10-13(20)11-17(21)19(12,2)16(14)7-9-18/h5-6,10,14-17,21H,3-4,7-9,11H2,1-2H3/t14-,15-,16-,17?,18-,19-/m0/s1. The molecule has 0 heterocycles. The molecule has 6 atom stereocenters. The van der Waals surface area contributed by atoms with Gasteiger partial charge in [-0.3, -0.25) is 4.79 Å². The van der Waals surface area contributed by atoms with E-state index in [0.717, 1.165) is 11.5 Å². The molecule has 0 aromatic heterocycles. The SMILES string of the molecule is C[C@@]12CCC[C@H]1[C@@H]1C=CC3=CC(=O)CC(O)[C@]3(C)[C@H]1CC2. The van der Waals surface area contributed by atoms with Gasteiger partial charge in [-0.2, -0.15) is 0 Å². The minimum atomic E-state index is -0.506. The summed E-state index contributed by atoms with van der Waals surface area (Å²) in [5, 5.41) is 10.7. The van der Waals surface area contributed by atoms with Gasteiger partial charge in [-0.25, -0.2) is 0 Å². The van der Waals surface area contributed by atoms with Crippen LogP contribution in [0.15, 0.2) is 23.8 Å². The summed E-state index contributed by atoms with van der Waals surface area (Å²) >= 11 is 0. The monoisotopic (exact) mass is 286 g/mol. The van der Waals surface area contributed by atoms with Crippen LogP contribution in [0.2, 0.25) is 0 Å². The second-order valence-corrected chi connectivity index (χ2v) is 8.30. The molecule has 2 nitrogen and oxygen atoms in total. The zero-order valence-electron chi connectivity index (χ0n) is 13.1. The molecule has 0 radical (unpaired) electrons. The Morgan fingerprint density at radius 1 is 1.19 bits per heavy atom. The Morgan fingerprint density at radius 2 is 2.00 bits per heavy atom. The van der Waals surface area contributed by atoms with E-state index in [1.165, 1.54) is 32.1 Å². The minimum Gasteiger partial charge on any atom is -0.392 e. The van der Waals surface area contributed by atoms with Crippen molar-refractivity contribution in [3.63, 3.8) is 0 Å². The van der Waals surface area contributed by atoms with Crippen LogP contribution in [-0.4, -0.2) is 17.0 Å². The zero-order chi connectivity index (χ0) is 14.8. The van der Waals surface area contributed by atoms with Crippen LogP contribution in [0.4, 0.5) is 0 Å². The lowest BCUT2D eigenvalue weighted by atomic mass is 9.49. The Hall–Kier alpha value is -0.890. The maximum absolute atomic E-state index is 11.8. The highest BCUT2D eigenvalue weighted by molar-refractivity contribution is 5.93. The van der Waals surface area contributed by atoms with Crippen molar-refractivity contribution in [3.05, 3.63) is 23.8 Å². The Bertz CT molecular complexity index is 546. The van der Waals surface area contributed by atoms with E-state index < -0.39 is 6.10 Å². The van der Waals surface area contributed by atoms with Gasteiger partial charge in [0.15, 0.2) is 5.78 Å². The van der Waals surface area contributed by atoms with Gasteiger partial charge in [0, 0.05) is 11.8 Å². The van der Waals surface area contributed by atoms with Crippen LogP contribution in [0.25, 0.3) is 0 Å². The minimum absolute atomic E-state index is 0.0830. The third-order valence-electron chi connectivity index (χ3n) is 7.41. The van der Waals surface area contributed by atoms with E-state index >= 15 is 0 Å². The number of ketones is 1. The zero-order valence-corrected chi connectivity index (χ0v) is 13.1. The Kier molecular flexibility index (Phi) is 2.83. The van der Waals surface area contributed by atoms with Crippen molar-refractivity contribution >= 4 is 5.78 Å². The molecule has 0 aromatic rings. The smallest absolute Gasteiger partial charge is 0.158 e. The fraction of sp³-hybridized carbons (Fsp3) is 0.737. The number of carbonyl (C=O) groups excluding carboxylic acids is 1. The van der Waals surface area contributed by atoms with E-state index in [1.807, 2.05) is 0 Å². The molecule has 21 heavy (non-hydrogen) atoms. The molecule has 2 heteroatoms. The number of hydrogen-bond donors (Lipinski definition) is 1. The molecule has 1 N–H and O–H groups in total. The number of fused-ring (bicyclic) bond motifs is 5. The average molecular weight is 286 g/mol. The van der Waals surface area contributed by atoms with Gasteiger partial charge in [-0.1, -0.05) is 32.4 Å². The number of hydrogen-bond acceptors (Lipinski definition) is 2. The molecule has 114 valence electrons. The molecular weight excluding hydrogens is 260 g/mol. The van der Waals surface area contributed by atoms with Crippen molar-refractivity contribution in [3.8, 4) is 0 Å². The lowest BCUT2D eigenvalue weighted by molar-refractivity contribution is -0.122. The first-order chi connectivity index (χ1) is 9.95. The van der Waals surface area contributed by atoms with Crippen LogP contribution in [0.5, 0.6) is 0 Å². The van der Waals surface area contributed by atoms with E-state index in [0.29, 0.717) is 23.7 Å². The van der Waals surface area contributed by atoms with Crippen LogP contribution < -0.4 is 0 Å². The van der Waals surface area contributed by atoms with Gasteiger partial charge in [0.05, 0.1) is 6.10 Å². The highest BCUT2D eigenvalue weighted by Gasteiger charge is 2.57. The van der Waals surface area contributed by atoms with Gasteiger partial charge < -0.3 is 5.11 Å². The number of aliphatic hydroxyl groups excluding tert-OH is 1. The summed E-state index contributed by atoms with van der Waals surface area (Å²) in [4.78, 5) is 11.8. The van der Waals surface area contributed by atoms with E-state index in [9.17, 15) is 9.90 Å². The van der Waals surface area contributed by atoms with Crippen molar-refractivity contribution in [1.29, 1.82) is 0 Å². The molecule has 2 fully saturated rings. The van der Waals surface area contributed by atoms with Crippen molar-refractivity contribution < 1.29 is 9.90 Å². The maximum atomic E-state index is 11.8.